The molecule has 0 saturated carbocycles. The van der Waals surface area contributed by atoms with E-state index in [0.29, 0.717) is 28.3 Å². The standard InChI is InChI=1S/C35H31ClN4O2/c1-22(2)29-18-30(23(3)17-33(29)42-4)34-38-31-11-7-5-10-28(31)35(41)40(34)37-19-25-21-39(32-12-8-6-9-27(25)32)20-24-13-15-26(36)16-14-24/h5-19,21-22H,20H2,1-4H3. The number of aromatic nitrogens is 3. The number of nitrogens with zero attached hydrogens (tertiary/aromatic N) is 4. The molecule has 6 nitrogen and oxygen atoms in total. The number of benzene rings is 4. The monoisotopic (exact) mass is 574 g/mol. The van der Waals surface area contributed by atoms with Gasteiger partial charge < -0.3 is 9.30 Å². The average molecular weight is 575 g/mol. The van der Waals surface area contributed by atoms with Crippen LogP contribution < -0.4 is 10.3 Å². The van der Waals surface area contributed by atoms with Crippen LogP contribution in [-0.2, 0) is 6.54 Å². The zero-order chi connectivity index (χ0) is 29.4. The van der Waals surface area contributed by atoms with Gasteiger partial charge in [-0.15, -0.1) is 0 Å². The molecule has 6 rings (SSSR count). The smallest absolute Gasteiger partial charge is 0.282 e. The maximum atomic E-state index is 13.9. The van der Waals surface area contributed by atoms with E-state index in [4.69, 9.17) is 26.4 Å². The van der Waals surface area contributed by atoms with Gasteiger partial charge in [-0.05, 0) is 72.0 Å². The van der Waals surface area contributed by atoms with Crippen molar-refractivity contribution in [3.8, 4) is 17.1 Å². The number of fused-ring (bicyclic) bond motifs is 2. The van der Waals surface area contributed by atoms with Crippen LogP contribution in [0.15, 0.2) is 101 Å². The Morgan fingerprint density at radius 3 is 2.43 bits per heavy atom. The normalized spacial score (nSPS) is 11.8. The van der Waals surface area contributed by atoms with E-state index in [0.717, 1.165) is 44.5 Å². The first kappa shape index (κ1) is 27.5. The van der Waals surface area contributed by atoms with Gasteiger partial charge in [0.05, 0.1) is 24.2 Å². The van der Waals surface area contributed by atoms with Gasteiger partial charge in [0.1, 0.15) is 5.75 Å². The van der Waals surface area contributed by atoms with Crippen molar-refractivity contribution >= 4 is 39.6 Å². The fourth-order valence-electron chi connectivity index (χ4n) is 5.39. The molecule has 42 heavy (non-hydrogen) atoms. The van der Waals surface area contributed by atoms with Gasteiger partial charge in [0.2, 0.25) is 0 Å². The molecule has 0 fully saturated rings. The molecule has 0 radical (unpaired) electrons. The van der Waals surface area contributed by atoms with Crippen LogP contribution in [0.3, 0.4) is 0 Å². The molecule has 0 amide bonds. The maximum absolute atomic E-state index is 13.9. The highest BCUT2D eigenvalue weighted by Gasteiger charge is 2.18. The molecule has 2 heterocycles. The zero-order valence-corrected chi connectivity index (χ0v) is 24.8. The number of para-hydroxylation sites is 2. The van der Waals surface area contributed by atoms with Gasteiger partial charge in [-0.3, -0.25) is 4.79 Å². The van der Waals surface area contributed by atoms with Crippen LogP contribution in [0.4, 0.5) is 0 Å². The predicted molar refractivity (Wildman–Crippen MR) is 172 cm³/mol. The lowest BCUT2D eigenvalue weighted by Gasteiger charge is -2.17. The van der Waals surface area contributed by atoms with E-state index >= 15 is 0 Å². The van der Waals surface area contributed by atoms with E-state index in [1.807, 2.05) is 67.6 Å². The van der Waals surface area contributed by atoms with Gasteiger partial charge >= 0.3 is 0 Å². The number of halogens is 1. The highest BCUT2D eigenvalue weighted by atomic mass is 35.5. The van der Waals surface area contributed by atoms with Crippen molar-refractivity contribution < 1.29 is 4.74 Å². The van der Waals surface area contributed by atoms with Gasteiger partial charge in [0.25, 0.3) is 5.56 Å². The van der Waals surface area contributed by atoms with Crippen molar-refractivity contribution in [1.29, 1.82) is 0 Å². The SMILES string of the molecule is COc1cc(C)c(-c2nc3ccccc3c(=O)n2N=Cc2cn(Cc3ccc(Cl)cc3)c3ccccc23)cc1C(C)C. The predicted octanol–water partition coefficient (Wildman–Crippen LogP) is 8.04. The molecule has 0 unspecified atom stereocenters. The lowest BCUT2D eigenvalue weighted by Crippen LogP contribution is -2.20. The summed E-state index contributed by atoms with van der Waals surface area (Å²) < 4.78 is 9.28. The third kappa shape index (κ3) is 5.10. The summed E-state index contributed by atoms with van der Waals surface area (Å²) >= 11 is 6.10. The number of aryl methyl sites for hydroxylation is 1. The van der Waals surface area contributed by atoms with Crippen LogP contribution in [0.25, 0.3) is 33.2 Å². The molecule has 0 bridgehead atoms. The molecular weight excluding hydrogens is 544 g/mol. The van der Waals surface area contributed by atoms with Crippen LogP contribution >= 0.6 is 11.6 Å². The molecule has 0 atom stereocenters. The lowest BCUT2D eigenvalue weighted by molar-refractivity contribution is 0.407. The van der Waals surface area contributed by atoms with Crippen LogP contribution in [0, 0.1) is 6.92 Å². The van der Waals surface area contributed by atoms with E-state index in [1.54, 1.807) is 19.4 Å². The quantitative estimate of drug-likeness (QED) is 0.181. The van der Waals surface area contributed by atoms with Crippen molar-refractivity contribution in [2.45, 2.75) is 33.2 Å². The van der Waals surface area contributed by atoms with E-state index in [2.05, 4.69) is 42.8 Å². The molecule has 0 aliphatic rings. The van der Waals surface area contributed by atoms with E-state index in [-0.39, 0.29) is 11.5 Å². The van der Waals surface area contributed by atoms with E-state index in [1.165, 1.54) is 4.68 Å². The zero-order valence-electron chi connectivity index (χ0n) is 24.0. The molecule has 2 aromatic heterocycles. The van der Waals surface area contributed by atoms with Gasteiger partial charge in [0, 0.05) is 39.8 Å². The maximum Gasteiger partial charge on any atom is 0.282 e. The first-order valence-corrected chi connectivity index (χ1v) is 14.3. The second-order valence-electron chi connectivity index (χ2n) is 10.7. The third-order valence-electron chi connectivity index (χ3n) is 7.59. The van der Waals surface area contributed by atoms with Crippen molar-refractivity contribution in [2.75, 3.05) is 7.11 Å². The molecule has 0 aliphatic heterocycles. The third-order valence-corrected chi connectivity index (χ3v) is 7.84. The minimum absolute atomic E-state index is 0.218. The summed E-state index contributed by atoms with van der Waals surface area (Å²) in [6.07, 6.45) is 3.82. The largest absolute Gasteiger partial charge is 0.496 e. The summed E-state index contributed by atoms with van der Waals surface area (Å²) in [7, 11) is 1.68. The van der Waals surface area contributed by atoms with E-state index < -0.39 is 0 Å². The molecule has 0 aliphatic carbocycles. The Kier molecular flexibility index (Phi) is 7.40. The Hall–Kier alpha value is -4.68. The Balaban J connectivity index is 1.52. The molecule has 0 N–H and O–H groups in total. The fraction of sp³-hybridized carbons (Fsp3) is 0.171. The molecule has 210 valence electrons. The van der Waals surface area contributed by atoms with Gasteiger partial charge in [-0.2, -0.15) is 9.78 Å². The number of rotatable bonds is 7. The molecule has 6 aromatic rings. The Morgan fingerprint density at radius 2 is 1.69 bits per heavy atom. The molecule has 4 aromatic carbocycles. The van der Waals surface area contributed by atoms with E-state index in [9.17, 15) is 4.79 Å². The van der Waals surface area contributed by atoms with Gasteiger partial charge in [-0.1, -0.05) is 67.9 Å². The first-order valence-electron chi connectivity index (χ1n) is 13.9. The summed E-state index contributed by atoms with van der Waals surface area (Å²) in [4.78, 5) is 18.9. The molecule has 0 saturated heterocycles. The number of methoxy groups -OCH3 is 1. The van der Waals surface area contributed by atoms with Crippen molar-refractivity contribution in [3.63, 3.8) is 0 Å². The second kappa shape index (κ2) is 11.3. The van der Waals surface area contributed by atoms with Crippen molar-refractivity contribution in [1.82, 2.24) is 14.2 Å². The Bertz CT molecular complexity index is 2020. The summed E-state index contributed by atoms with van der Waals surface area (Å²) in [6.45, 7) is 6.92. The summed E-state index contributed by atoms with van der Waals surface area (Å²) in [5.41, 5.74) is 6.35. The molecule has 0 spiro atoms. The van der Waals surface area contributed by atoms with Crippen LogP contribution in [-0.4, -0.2) is 27.6 Å². The van der Waals surface area contributed by atoms with Crippen LogP contribution in [0.5, 0.6) is 5.75 Å². The highest BCUT2D eigenvalue weighted by molar-refractivity contribution is 6.30. The molecule has 7 heteroatoms. The minimum atomic E-state index is -0.224. The summed E-state index contributed by atoms with van der Waals surface area (Å²) in [5.74, 6) is 1.52. The van der Waals surface area contributed by atoms with Crippen molar-refractivity contribution in [3.05, 3.63) is 129 Å². The Morgan fingerprint density at radius 1 is 0.976 bits per heavy atom. The second-order valence-corrected chi connectivity index (χ2v) is 11.2. The van der Waals surface area contributed by atoms with Crippen LogP contribution in [0.1, 0.15) is 42.0 Å². The number of hydrogen-bond acceptors (Lipinski definition) is 4. The highest BCUT2D eigenvalue weighted by Crippen LogP contribution is 2.34. The van der Waals surface area contributed by atoms with Crippen molar-refractivity contribution in [2.24, 2.45) is 5.10 Å². The number of ether oxygens (including phenoxy) is 1. The van der Waals surface area contributed by atoms with Crippen LogP contribution in [0.2, 0.25) is 5.02 Å². The Labute approximate surface area is 249 Å². The topological polar surface area (TPSA) is 61.4 Å². The van der Waals surface area contributed by atoms with Gasteiger partial charge in [-0.25, -0.2) is 4.98 Å². The first-order chi connectivity index (χ1) is 20.3. The summed E-state index contributed by atoms with van der Waals surface area (Å²) in [6, 6.07) is 27.5. The lowest BCUT2D eigenvalue weighted by atomic mass is 9.96. The van der Waals surface area contributed by atoms with Gasteiger partial charge in [0.15, 0.2) is 5.82 Å². The molecular formula is C35H31ClN4O2. The minimum Gasteiger partial charge on any atom is -0.496 e. The number of hydrogen-bond donors (Lipinski definition) is 0. The summed E-state index contributed by atoms with van der Waals surface area (Å²) in [5, 5.41) is 7.06. The average Bonchev–Trinajstić information content (AvgIpc) is 3.34. The fourth-order valence-corrected chi connectivity index (χ4v) is 5.51.